The topological polar surface area (TPSA) is 168 Å². The number of nitrogens with one attached hydrogen (secondary N) is 2. The molecule has 0 aromatic heterocycles. The summed E-state index contributed by atoms with van der Waals surface area (Å²) in [6, 6.07) is 5.53. The average molecular weight is 504 g/mol. The number of aliphatic carboxylic acids is 1. The van der Waals surface area contributed by atoms with Crippen molar-refractivity contribution in [2.75, 3.05) is 13.1 Å². The van der Waals surface area contributed by atoms with Crippen LogP contribution in [0.4, 0.5) is 0 Å². The number of carboxylic acids is 1. The Morgan fingerprint density at radius 2 is 1.78 bits per heavy atom. The van der Waals surface area contributed by atoms with Gasteiger partial charge in [-0.15, -0.1) is 0 Å². The lowest BCUT2D eigenvalue weighted by Crippen LogP contribution is -2.56. The van der Waals surface area contributed by atoms with E-state index in [1.165, 1.54) is 4.90 Å². The van der Waals surface area contributed by atoms with Gasteiger partial charge < -0.3 is 32.1 Å². The predicted molar refractivity (Wildman–Crippen MR) is 137 cm³/mol. The van der Waals surface area contributed by atoms with Crippen molar-refractivity contribution in [2.24, 2.45) is 17.4 Å². The molecule has 4 unspecified atom stereocenters. The number of unbranched alkanes of at least 4 members (excludes halogenated alkanes) is 1. The molecule has 200 valence electrons. The molecule has 0 radical (unpaired) electrons. The first-order valence-electron chi connectivity index (χ1n) is 12.8. The summed E-state index contributed by atoms with van der Waals surface area (Å²) >= 11 is 0. The van der Waals surface area contributed by atoms with Crippen LogP contribution in [0.3, 0.4) is 0 Å². The first-order chi connectivity index (χ1) is 17.1. The summed E-state index contributed by atoms with van der Waals surface area (Å²) in [4.78, 5) is 52.5. The normalized spacial score (nSPS) is 17.9. The fourth-order valence-electron chi connectivity index (χ4n) is 4.48. The third kappa shape index (κ3) is 8.91. The summed E-state index contributed by atoms with van der Waals surface area (Å²) in [5.41, 5.74) is 12.4. The summed E-state index contributed by atoms with van der Waals surface area (Å²) in [6.07, 6.45) is 3.33. The number of hydrogen-bond donors (Lipinski definition) is 5. The van der Waals surface area contributed by atoms with Crippen LogP contribution in [0.25, 0.3) is 0 Å². The largest absolute Gasteiger partial charge is 0.480 e. The maximum Gasteiger partial charge on any atom is 0.326 e. The van der Waals surface area contributed by atoms with Crippen LogP contribution in [-0.4, -0.2) is 71.0 Å². The van der Waals surface area contributed by atoms with Crippen LogP contribution in [0.1, 0.15) is 57.9 Å². The fourth-order valence-corrected chi connectivity index (χ4v) is 4.48. The molecule has 0 spiro atoms. The van der Waals surface area contributed by atoms with Crippen molar-refractivity contribution in [3.8, 4) is 0 Å². The molecule has 1 aliphatic heterocycles. The molecule has 36 heavy (non-hydrogen) atoms. The molecule has 1 heterocycles. The number of carbonyl (C=O) groups excluding carboxylic acids is 3. The van der Waals surface area contributed by atoms with Crippen molar-refractivity contribution < 1.29 is 24.3 Å². The maximum atomic E-state index is 13.2. The molecule has 10 heteroatoms. The van der Waals surface area contributed by atoms with Crippen molar-refractivity contribution in [3.05, 3.63) is 35.9 Å². The van der Waals surface area contributed by atoms with Crippen molar-refractivity contribution in [3.63, 3.8) is 0 Å². The minimum atomic E-state index is -1.16. The zero-order valence-corrected chi connectivity index (χ0v) is 21.3. The van der Waals surface area contributed by atoms with E-state index in [2.05, 4.69) is 10.6 Å². The number of carboxylic acid groups (broad SMARTS) is 1. The van der Waals surface area contributed by atoms with Crippen molar-refractivity contribution in [1.29, 1.82) is 0 Å². The van der Waals surface area contributed by atoms with Gasteiger partial charge in [-0.1, -0.05) is 44.2 Å². The zero-order valence-electron chi connectivity index (χ0n) is 21.3. The van der Waals surface area contributed by atoms with Crippen LogP contribution in [0.15, 0.2) is 30.3 Å². The zero-order chi connectivity index (χ0) is 26.7. The predicted octanol–water partition coefficient (Wildman–Crippen LogP) is 0.777. The summed E-state index contributed by atoms with van der Waals surface area (Å²) < 4.78 is 0. The highest BCUT2D eigenvalue weighted by Gasteiger charge is 2.38. The molecule has 1 aromatic carbocycles. The third-order valence-electron chi connectivity index (χ3n) is 6.36. The van der Waals surface area contributed by atoms with Gasteiger partial charge in [0.15, 0.2) is 0 Å². The number of nitrogens with two attached hydrogens (primary N) is 2. The number of amides is 3. The van der Waals surface area contributed by atoms with Crippen LogP contribution in [0.5, 0.6) is 0 Å². The molecule has 7 N–H and O–H groups in total. The highest BCUT2D eigenvalue weighted by molar-refractivity contribution is 5.94. The van der Waals surface area contributed by atoms with Crippen LogP contribution in [-0.2, 0) is 25.6 Å². The quantitative estimate of drug-likeness (QED) is 0.234. The molecule has 3 amide bonds. The lowest BCUT2D eigenvalue weighted by atomic mass is 10.0. The second-order valence-corrected chi connectivity index (χ2v) is 9.86. The monoisotopic (exact) mass is 503 g/mol. The molecular weight excluding hydrogens is 462 g/mol. The van der Waals surface area contributed by atoms with E-state index in [1.54, 1.807) is 24.3 Å². The molecule has 1 fully saturated rings. The number of rotatable bonds is 14. The Hall–Kier alpha value is -2.98. The van der Waals surface area contributed by atoms with Crippen molar-refractivity contribution in [1.82, 2.24) is 15.5 Å². The molecule has 0 bridgehead atoms. The van der Waals surface area contributed by atoms with Gasteiger partial charge in [0, 0.05) is 13.0 Å². The number of carbonyl (C=O) groups is 4. The summed E-state index contributed by atoms with van der Waals surface area (Å²) in [7, 11) is 0. The number of likely N-dealkylation sites (tertiary alicyclic amines) is 1. The molecule has 1 aliphatic rings. The first kappa shape index (κ1) is 29.3. The SMILES string of the molecule is CC(C)CC(N)C(=O)N1CCCC1C(=O)NC(CCCCN)C(=O)NC(Cc1ccccc1)C(=O)O. The Bertz CT molecular complexity index is 879. The van der Waals surface area contributed by atoms with Gasteiger partial charge in [0.2, 0.25) is 17.7 Å². The van der Waals surface area contributed by atoms with Crippen LogP contribution in [0.2, 0.25) is 0 Å². The highest BCUT2D eigenvalue weighted by Crippen LogP contribution is 2.20. The second-order valence-electron chi connectivity index (χ2n) is 9.86. The molecule has 0 aliphatic carbocycles. The Balaban J connectivity index is 2.10. The van der Waals surface area contributed by atoms with Crippen LogP contribution in [0, 0.1) is 5.92 Å². The van der Waals surface area contributed by atoms with Crippen molar-refractivity contribution in [2.45, 2.75) is 83.0 Å². The second kappa shape index (κ2) is 14.5. The molecule has 0 saturated carbocycles. The van der Waals surface area contributed by atoms with E-state index in [1.807, 2.05) is 19.9 Å². The summed E-state index contributed by atoms with van der Waals surface area (Å²) in [6.45, 7) is 4.83. The van der Waals surface area contributed by atoms with Crippen LogP contribution < -0.4 is 22.1 Å². The van der Waals surface area contributed by atoms with Gasteiger partial charge >= 0.3 is 5.97 Å². The van der Waals surface area contributed by atoms with E-state index in [0.717, 1.165) is 5.56 Å². The Labute approximate surface area is 213 Å². The molecule has 4 atom stereocenters. The van der Waals surface area contributed by atoms with Gasteiger partial charge in [-0.25, -0.2) is 4.79 Å². The number of nitrogens with zero attached hydrogens (tertiary/aromatic N) is 1. The Kier molecular flexibility index (Phi) is 11.8. The molecule has 10 nitrogen and oxygen atoms in total. The van der Waals surface area contributed by atoms with Gasteiger partial charge in [-0.2, -0.15) is 0 Å². The van der Waals surface area contributed by atoms with Gasteiger partial charge in [0.25, 0.3) is 0 Å². The minimum Gasteiger partial charge on any atom is -0.480 e. The Morgan fingerprint density at radius 1 is 1.08 bits per heavy atom. The van der Waals surface area contributed by atoms with E-state index in [9.17, 15) is 24.3 Å². The van der Waals surface area contributed by atoms with E-state index in [4.69, 9.17) is 11.5 Å². The fraction of sp³-hybridized carbons (Fsp3) is 0.615. The number of hydrogen-bond acceptors (Lipinski definition) is 6. The van der Waals surface area contributed by atoms with Gasteiger partial charge in [0.1, 0.15) is 18.1 Å². The molecule has 1 aromatic rings. The van der Waals surface area contributed by atoms with E-state index >= 15 is 0 Å². The van der Waals surface area contributed by atoms with E-state index < -0.39 is 42.0 Å². The number of benzene rings is 1. The van der Waals surface area contributed by atoms with E-state index in [0.29, 0.717) is 51.6 Å². The average Bonchev–Trinajstić information content (AvgIpc) is 3.32. The first-order valence-corrected chi connectivity index (χ1v) is 12.8. The maximum absolute atomic E-state index is 13.2. The Morgan fingerprint density at radius 3 is 2.39 bits per heavy atom. The molecular formula is C26H41N5O5. The van der Waals surface area contributed by atoms with Gasteiger partial charge in [-0.3, -0.25) is 14.4 Å². The van der Waals surface area contributed by atoms with Gasteiger partial charge in [0.05, 0.1) is 6.04 Å². The molecule has 2 rings (SSSR count). The smallest absolute Gasteiger partial charge is 0.326 e. The molecule has 1 saturated heterocycles. The van der Waals surface area contributed by atoms with Gasteiger partial charge in [-0.05, 0) is 56.6 Å². The highest BCUT2D eigenvalue weighted by atomic mass is 16.4. The third-order valence-corrected chi connectivity index (χ3v) is 6.36. The minimum absolute atomic E-state index is 0.115. The van der Waals surface area contributed by atoms with Crippen LogP contribution >= 0.6 is 0 Å². The lowest BCUT2D eigenvalue weighted by molar-refractivity contribution is -0.143. The summed E-state index contributed by atoms with van der Waals surface area (Å²) in [5, 5.41) is 15.0. The lowest BCUT2D eigenvalue weighted by Gasteiger charge is -2.29. The summed E-state index contributed by atoms with van der Waals surface area (Å²) in [5.74, 6) is -2.19. The van der Waals surface area contributed by atoms with Crippen molar-refractivity contribution >= 4 is 23.7 Å². The standard InChI is InChI=1S/C26H41N5O5/c1-17(2)15-19(28)25(34)31-14-8-12-22(31)24(33)29-20(11-6-7-13-27)23(32)30-21(26(35)36)16-18-9-4-3-5-10-18/h3-5,9-10,17,19-22H,6-8,11-16,27-28H2,1-2H3,(H,29,33)(H,30,32)(H,35,36). The van der Waals surface area contributed by atoms with E-state index in [-0.39, 0.29) is 18.2 Å².